The predicted molar refractivity (Wildman–Crippen MR) is 130 cm³/mol. The Morgan fingerprint density at radius 1 is 0.941 bits per heavy atom. The molecule has 0 saturated carbocycles. The third-order valence-electron chi connectivity index (χ3n) is 4.99. The molecule has 0 spiro atoms. The molecule has 0 aromatic heterocycles. The molecule has 34 heavy (non-hydrogen) atoms. The van der Waals surface area contributed by atoms with Crippen LogP contribution in [0, 0.1) is 11.3 Å². The fraction of sp³-hybridized carbons (Fsp3) is 0. The standard InChI is InChI=1S/C25H18N4O3S.Na.H/c26-16-19(18-6-2-1-3-7-18)14-17-10-12-20(13-11-17)28-29-23-15-24(33(30,31)32)21-8-4-5-9-22(21)25(23)27;;/h1-15H,27H2,(H,30,31,32);;/q;+1;-1. The minimum atomic E-state index is -4.48. The maximum atomic E-state index is 11.9. The number of nitrogens with zero attached hydrogens (tertiary/aromatic N) is 3. The number of hydrogen-bond donors (Lipinski definition) is 2. The van der Waals surface area contributed by atoms with Gasteiger partial charge in [0.1, 0.15) is 10.6 Å². The van der Waals surface area contributed by atoms with Gasteiger partial charge in [-0.2, -0.15) is 18.8 Å². The van der Waals surface area contributed by atoms with Crippen molar-refractivity contribution in [3.63, 3.8) is 0 Å². The topological polar surface area (TPSA) is 129 Å². The van der Waals surface area contributed by atoms with Gasteiger partial charge >= 0.3 is 29.6 Å². The molecule has 0 fully saturated rings. The van der Waals surface area contributed by atoms with Gasteiger partial charge in [-0.1, -0.05) is 66.7 Å². The summed E-state index contributed by atoms with van der Waals surface area (Å²) < 4.78 is 33.3. The molecule has 4 aromatic carbocycles. The summed E-state index contributed by atoms with van der Waals surface area (Å²) in [6.07, 6.45) is 1.77. The van der Waals surface area contributed by atoms with Gasteiger partial charge in [0, 0.05) is 10.8 Å². The van der Waals surface area contributed by atoms with E-state index in [4.69, 9.17) is 5.73 Å². The predicted octanol–water partition coefficient (Wildman–Crippen LogP) is 3.26. The molecule has 0 aliphatic rings. The zero-order valence-corrected chi connectivity index (χ0v) is 21.1. The van der Waals surface area contributed by atoms with Gasteiger partial charge in [-0.3, -0.25) is 4.55 Å². The second-order valence-corrected chi connectivity index (χ2v) is 8.55. The van der Waals surface area contributed by atoms with Crippen LogP contribution in [0.3, 0.4) is 0 Å². The molecule has 0 bridgehead atoms. The molecule has 0 heterocycles. The van der Waals surface area contributed by atoms with Crippen molar-refractivity contribution in [2.45, 2.75) is 4.90 Å². The maximum Gasteiger partial charge on any atom is 1.00 e. The SMILES string of the molecule is N#CC(=Cc1ccc(N=Nc2cc(S(=O)(=O)O)c3ccccc3c2N)cc1)c1ccccc1.[H-].[Na+]. The number of nitriles is 1. The normalized spacial score (nSPS) is 11.8. The number of hydrogen-bond acceptors (Lipinski definition) is 6. The van der Waals surface area contributed by atoms with Gasteiger partial charge in [0.15, 0.2) is 0 Å². The van der Waals surface area contributed by atoms with E-state index in [1.165, 1.54) is 6.07 Å². The number of fused-ring (bicyclic) bond motifs is 1. The smallest absolute Gasteiger partial charge is 1.00 e. The van der Waals surface area contributed by atoms with E-state index in [9.17, 15) is 18.2 Å². The Kier molecular flexibility index (Phi) is 7.99. The molecule has 0 amide bonds. The molecule has 0 atom stereocenters. The Bertz CT molecular complexity index is 1550. The van der Waals surface area contributed by atoms with Crippen LogP contribution in [0.15, 0.2) is 100 Å². The number of nitrogen functional groups attached to an aromatic ring is 1. The Labute approximate surface area is 220 Å². The van der Waals surface area contributed by atoms with Gasteiger partial charge in [-0.05, 0) is 35.4 Å². The second-order valence-electron chi connectivity index (χ2n) is 7.16. The van der Waals surface area contributed by atoms with Crippen LogP contribution in [0.1, 0.15) is 12.6 Å². The average molecular weight is 479 g/mol. The molecule has 4 aromatic rings. The summed E-state index contributed by atoms with van der Waals surface area (Å²) in [6, 6.07) is 26.4. The van der Waals surface area contributed by atoms with E-state index in [1.807, 2.05) is 30.3 Å². The number of nitrogens with two attached hydrogens (primary N) is 1. The van der Waals surface area contributed by atoms with Gasteiger partial charge in [-0.15, -0.1) is 5.11 Å². The summed E-state index contributed by atoms with van der Waals surface area (Å²) in [5.74, 6) is 0. The van der Waals surface area contributed by atoms with E-state index in [0.29, 0.717) is 22.0 Å². The third kappa shape index (κ3) is 5.59. The monoisotopic (exact) mass is 478 g/mol. The summed E-state index contributed by atoms with van der Waals surface area (Å²) in [6.45, 7) is 0. The fourth-order valence-corrected chi connectivity index (χ4v) is 4.08. The van der Waals surface area contributed by atoms with Crippen molar-refractivity contribution in [1.29, 1.82) is 5.26 Å². The van der Waals surface area contributed by atoms with Crippen LogP contribution in [-0.2, 0) is 10.1 Å². The molecule has 0 unspecified atom stereocenters. The molecule has 0 aliphatic carbocycles. The molecule has 164 valence electrons. The third-order valence-corrected chi connectivity index (χ3v) is 5.88. The van der Waals surface area contributed by atoms with E-state index in [1.54, 1.807) is 54.6 Å². The van der Waals surface area contributed by atoms with Crippen molar-refractivity contribution in [2.75, 3.05) is 5.73 Å². The van der Waals surface area contributed by atoms with Gasteiger partial charge in [0.05, 0.1) is 23.0 Å². The molecule has 4 rings (SSSR count). The van der Waals surface area contributed by atoms with Crippen molar-refractivity contribution >= 4 is 49.6 Å². The largest absolute Gasteiger partial charge is 1.00 e. The van der Waals surface area contributed by atoms with Crippen molar-refractivity contribution in [2.24, 2.45) is 10.2 Å². The average Bonchev–Trinajstić information content (AvgIpc) is 2.83. The molecular formula is C25H19N4NaO3S. The van der Waals surface area contributed by atoms with Crippen LogP contribution in [0.2, 0.25) is 0 Å². The maximum absolute atomic E-state index is 11.9. The van der Waals surface area contributed by atoms with Gasteiger partial charge in [0.2, 0.25) is 0 Å². The fourth-order valence-electron chi connectivity index (χ4n) is 3.36. The molecule has 0 radical (unpaired) electrons. The van der Waals surface area contributed by atoms with Crippen molar-refractivity contribution in [3.8, 4) is 6.07 Å². The number of azo groups is 1. The summed E-state index contributed by atoms with van der Waals surface area (Å²) in [5, 5.41) is 18.5. The second kappa shape index (κ2) is 10.7. The minimum Gasteiger partial charge on any atom is -1.00 e. The zero-order valence-electron chi connectivity index (χ0n) is 19.3. The number of allylic oxidation sites excluding steroid dienone is 1. The van der Waals surface area contributed by atoms with Crippen molar-refractivity contribution < 1.29 is 44.0 Å². The van der Waals surface area contributed by atoms with Gasteiger partial charge in [-0.25, -0.2) is 0 Å². The summed E-state index contributed by atoms with van der Waals surface area (Å²) in [5.41, 5.74) is 9.23. The number of anilines is 1. The quantitative estimate of drug-likeness (QED) is 0.114. The van der Waals surface area contributed by atoms with E-state index in [0.717, 1.165) is 11.1 Å². The van der Waals surface area contributed by atoms with E-state index >= 15 is 0 Å². The molecule has 9 heteroatoms. The van der Waals surface area contributed by atoms with Crippen LogP contribution in [-0.4, -0.2) is 13.0 Å². The first kappa shape index (κ1) is 25.3. The Hall–Kier alpha value is -3.32. The Morgan fingerprint density at radius 3 is 2.18 bits per heavy atom. The molecular weight excluding hydrogens is 459 g/mol. The van der Waals surface area contributed by atoms with Crippen LogP contribution in [0.25, 0.3) is 22.4 Å². The molecule has 7 nitrogen and oxygen atoms in total. The summed E-state index contributed by atoms with van der Waals surface area (Å²) in [7, 11) is -4.48. The van der Waals surface area contributed by atoms with Crippen LogP contribution < -0.4 is 35.3 Å². The van der Waals surface area contributed by atoms with E-state index in [2.05, 4.69) is 16.3 Å². The number of rotatable bonds is 5. The number of benzene rings is 4. The Balaban J connectivity index is 0.00000216. The molecule has 0 aliphatic heterocycles. The Morgan fingerprint density at radius 2 is 1.56 bits per heavy atom. The van der Waals surface area contributed by atoms with Crippen molar-refractivity contribution in [1.82, 2.24) is 0 Å². The van der Waals surface area contributed by atoms with E-state index < -0.39 is 10.1 Å². The molecule has 3 N–H and O–H groups in total. The van der Waals surface area contributed by atoms with Crippen LogP contribution in [0.4, 0.5) is 17.1 Å². The van der Waals surface area contributed by atoms with E-state index in [-0.39, 0.29) is 47.3 Å². The zero-order chi connectivity index (χ0) is 23.4. The summed E-state index contributed by atoms with van der Waals surface area (Å²) in [4.78, 5) is -0.285. The van der Waals surface area contributed by atoms with Crippen LogP contribution in [0.5, 0.6) is 0 Å². The van der Waals surface area contributed by atoms with Gasteiger partial charge < -0.3 is 7.16 Å². The van der Waals surface area contributed by atoms with Gasteiger partial charge in [0.25, 0.3) is 10.1 Å². The van der Waals surface area contributed by atoms with Crippen LogP contribution >= 0.6 is 0 Å². The minimum absolute atomic E-state index is 0. The molecule has 0 saturated heterocycles. The van der Waals surface area contributed by atoms with Crippen molar-refractivity contribution in [3.05, 3.63) is 96.1 Å². The first-order valence-electron chi connectivity index (χ1n) is 9.84. The first-order valence-corrected chi connectivity index (χ1v) is 11.3. The summed E-state index contributed by atoms with van der Waals surface area (Å²) >= 11 is 0. The first-order chi connectivity index (χ1) is 15.9.